The minimum atomic E-state index is 0.407. The molecule has 0 atom stereocenters. The maximum Gasteiger partial charge on any atom is 0.183 e. The van der Waals surface area contributed by atoms with E-state index >= 15 is 0 Å². The Morgan fingerprint density at radius 3 is 2.60 bits per heavy atom. The van der Waals surface area contributed by atoms with Crippen LogP contribution in [0.3, 0.4) is 0 Å². The summed E-state index contributed by atoms with van der Waals surface area (Å²) in [5.74, 6) is 0.701. The van der Waals surface area contributed by atoms with Gasteiger partial charge >= 0.3 is 0 Å². The Hall–Kier alpha value is -1.89. The van der Waals surface area contributed by atoms with Gasteiger partial charge in [0.25, 0.3) is 0 Å². The van der Waals surface area contributed by atoms with Gasteiger partial charge in [-0.2, -0.15) is 5.26 Å². The van der Waals surface area contributed by atoms with Gasteiger partial charge in [0.1, 0.15) is 6.07 Å². The van der Waals surface area contributed by atoms with Crippen molar-refractivity contribution in [2.75, 3.05) is 18.0 Å². The van der Waals surface area contributed by atoms with E-state index in [0.29, 0.717) is 11.5 Å². The van der Waals surface area contributed by atoms with Crippen molar-refractivity contribution in [2.24, 2.45) is 0 Å². The van der Waals surface area contributed by atoms with E-state index in [1.54, 1.807) is 12.4 Å². The van der Waals surface area contributed by atoms with Crippen LogP contribution in [0.15, 0.2) is 24.5 Å². The maximum absolute atomic E-state index is 8.90. The minimum absolute atomic E-state index is 0.407. The fourth-order valence-corrected chi connectivity index (χ4v) is 1.68. The molecule has 0 bridgehead atoms. The minimum Gasteiger partial charge on any atom is -0.354 e. The first-order valence-corrected chi connectivity index (χ1v) is 4.94. The summed E-state index contributed by atoms with van der Waals surface area (Å²) in [5.41, 5.74) is 1.68. The van der Waals surface area contributed by atoms with Gasteiger partial charge in [-0.05, 0) is 12.8 Å². The number of anilines is 1. The van der Waals surface area contributed by atoms with Gasteiger partial charge in [0.05, 0.1) is 0 Å². The Labute approximate surface area is 88.9 Å². The zero-order valence-electron chi connectivity index (χ0n) is 8.48. The van der Waals surface area contributed by atoms with Crippen LogP contribution >= 0.6 is 0 Å². The third kappa shape index (κ3) is 1.96. The van der Waals surface area contributed by atoms with Crippen LogP contribution in [0.2, 0.25) is 0 Å². The quantitative estimate of drug-likeness (QED) is 0.645. The molecule has 1 fully saturated rings. The molecule has 0 unspecified atom stereocenters. The highest BCUT2D eigenvalue weighted by Gasteiger charge is 2.17. The van der Waals surface area contributed by atoms with Crippen molar-refractivity contribution in [3.05, 3.63) is 30.2 Å². The molecule has 4 nitrogen and oxygen atoms in total. The van der Waals surface area contributed by atoms with E-state index in [2.05, 4.69) is 27.5 Å². The summed E-state index contributed by atoms with van der Waals surface area (Å²) in [6.07, 6.45) is 5.12. The van der Waals surface area contributed by atoms with Crippen LogP contribution in [0, 0.1) is 11.3 Å². The number of nitrogens with zero attached hydrogens (tertiary/aromatic N) is 4. The highest BCUT2D eigenvalue weighted by atomic mass is 15.2. The zero-order chi connectivity index (χ0) is 10.7. The molecule has 1 aliphatic heterocycles. The molecule has 1 aliphatic rings. The summed E-state index contributed by atoms with van der Waals surface area (Å²) in [4.78, 5) is 10.3. The topological polar surface area (TPSA) is 52.8 Å². The van der Waals surface area contributed by atoms with Crippen LogP contribution < -0.4 is 4.90 Å². The number of rotatable bonds is 1. The number of nitriles is 1. The van der Waals surface area contributed by atoms with Gasteiger partial charge < -0.3 is 4.90 Å². The van der Waals surface area contributed by atoms with Crippen molar-refractivity contribution in [2.45, 2.75) is 12.8 Å². The van der Waals surface area contributed by atoms with E-state index in [0.717, 1.165) is 25.9 Å². The first-order chi connectivity index (χ1) is 7.31. The normalized spacial score (nSPS) is 16.2. The molecule has 0 aromatic carbocycles. The van der Waals surface area contributed by atoms with Crippen LogP contribution in [-0.2, 0) is 0 Å². The van der Waals surface area contributed by atoms with Crippen molar-refractivity contribution in [3.63, 3.8) is 0 Å². The lowest BCUT2D eigenvalue weighted by Crippen LogP contribution is -2.31. The molecule has 4 heteroatoms. The van der Waals surface area contributed by atoms with E-state index < -0.39 is 0 Å². The molecule has 0 spiro atoms. The largest absolute Gasteiger partial charge is 0.354 e. The first-order valence-electron chi connectivity index (χ1n) is 4.94. The Balaban J connectivity index is 2.23. The van der Waals surface area contributed by atoms with Gasteiger partial charge in [-0.3, -0.25) is 0 Å². The summed E-state index contributed by atoms with van der Waals surface area (Å²) >= 11 is 0. The lowest BCUT2D eigenvalue weighted by atomic mass is 10.1. The summed E-state index contributed by atoms with van der Waals surface area (Å²) in [6.45, 7) is 5.72. The molecule has 1 saturated heterocycles. The van der Waals surface area contributed by atoms with Crippen molar-refractivity contribution in [1.82, 2.24) is 9.97 Å². The van der Waals surface area contributed by atoms with E-state index in [1.807, 2.05) is 0 Å². The van der Waals surface area contributed by atoms with Crippen molar-refractivity contribution in [3.8, 4) is 6.07 Å². The fraction of sp³-hybridized carbons (Fsp3) is 0.364. The predicted octanol–water partition coefficient (Wildman–Crippen LogP) is 1.50. The van der Waals surface area contributed by atoms with Gasteiger partial charge in [0.15, 0.2) is 11.5 Å². The van der Waals surface area contributed by atoms with Gasteiger partial charge in [-0.25, -0.2) is 9.97 Å². The third-order valence-corrected chi connectivity index (χ3v) is 2.55. The fourth-order valence-electron chi connectivity index (χ4n) is 1.68. The van der Waals surface area contributed by atoms with Crippen LogP contribution in [0.5, 0.6) is 0 Å². The summed E-state index contributed by atoms with van der Waals surface area (Å²) in [5, 5.41) is 8.90. The zero-order valence-corrected chi connectivity index (χ0v) is 8.48. The molecule has 2 rings (SSSR count). The molecule has 0 radical (unpaired) electrons. The average Bonchev–Trinajstić information content (AvgIpc) is 2.30. The molecule has 0 amide bonds. The van der Waals surface area contributed by atoms with Crippen LogP contribution in [0.4, 0.5) is 5.82 Å². The van der Waals surface area contributed by atoms with E-state index in [4.69, 9.17) is 5.26 Å². The summed E-state index contributed by atoms with van der Waals surface area (Å²) in [6, 6.07) is 2.07. The second kappa shape index (κ2) is 4.09. The van der Waals surface area contributed by atoms with Crippen molar-refractivity contribution >= 4 is 5.82 Å². The van der Waals surface area contributed by atoms with Crippen molar-refractivity contribution in [1.29, 1.82) is 5.26 Å². The first kappa shape index (κ1) is 9.66. The molecule has 1 aromatic rings. The monoisotopic (exact) mass is 200 g/mol. The van der Waals surface area contributed by atoms with E-state index in [1.165, 1.54) is 5.57 Å². The summed E-state index contributed by atoms with van der Waals surface area (Å²) in [7, 11) is 0. The Morgan fingerprint density at radius 1 is 1.27 bits per heavy atom. The number of hydrogen-bond acceptors (Lipinski definition) is 4. The van der Waals surface area contributed by atoms with E-state index in [-0.39, 0.29) is 0 Å². The number of aromatic nitrogens is 2. The Morgan fingerprint density at radius 2 is 1.93 bits per heavy atom. The second-order valence-electron chi connectivity index (χ2n) is 3.58. The van der Waals surface area contributed by atoms with Crippen molar-refractivity contribution < 1.29 is 0 Å². The highest BCUT2D eigenvalue weighted by Crippen LogP contribution is 2.21. The van der Waals surface area contributed by atoms with Crippen LogP contribution in [0.1, 0.15) is 18.5 Å². The standard InChI is InChI=1S/C11H12N4/c1-9-2-6-15(7-3-9)11-10(8-12)13-4-5-14-11/h4-5H,1-3,6-7H2. The Kier molecular flexibility index (Phi) is 2.64. The van der Waals surface area contributed by atoms with Gasteiger partial charge in [0, 0.05) is 25.5 Å². The SMILES string of the molecule is C=C1CCN(c2nccnc2C#N)CC1. The predicted molar refractivity (Wildman–Crippen MR) is 57.3 cm³/mol. The van der Waals surface area contributed by atoms with Gasteiger partial charge in [-0.15, -0.1) is 0 Å². The van der Waals surface area contributed by atoms with Crippen LogP contribution in [0.25, 0.3) is 0 Å². The lowest BCUT2D eigenvalue weighted by Gasteiger charge is -2.28. The molecule has 0 N–H and O–H groups in total. The smallest absolute Gasteiger partial charge is 0.183 e. The number of hydrogen-bond donors (Lipinski definition) is 0. The Bertz CT molecular complexity index is 409. The molecule has 2 heterocycles. The third-order valence-electron chi connectivity index (χ3n) is 2.55. The highest BCUT2D eigenvalue weighted by molar-refractivity contribution is 5.50. The molecular formula is C11H12N4. The molecule has 0 saturated carbocycles. The molecule has 76 valence electrons. The molecule has 15 heavy (non-hydrogen) atoms. The summed E-state index contributed by atoms with van der Waals surface area (Å²) < 4.78 is 0. The van der Waals surface area contributed by atoms with E-state index in [9.17, 15) is 0 Å². The lowest BCUT2D eigenvalue weighted by molar-refractivity contribution is 0.676. The van der Waals surface area contributed by atoms with Gasteiger partial charge in [-0.1, -0.05) is 12.2 Å². The average molecular weight is 200 g/mol. The number of piperidine rings is 1. The molecule has 0 aliphatic carbocycles. The molecule has 1 aromatic heterocycles. The van der Waals surface area contributed by atoms with Gasteiger partial charge in [0.2, 0.25) is 0 Å². The second-order valence-corrected chi connectivity index (χ2v) is 3.58. The van der Waals surface area contributed by atoms with Crippen LogP contribution in [-0.4, -0.2) is 23.1 Å². The maximum atomic E-state index is 8.90. The molecular weight excluding hydrogens is 188 g/mol.